The quantitative estimate of drug-likeness (QED) is 0.665. The van der Waals surface area contributed by atoms with Crippen molar-refractivity contribution in [2.45, 2.75) is 26.3 Å². The number of hydrogen-bond acceptors (Lipinski definition) is 3. The Morgan fingerprint density at radius 3 is 2.39 bits per heavy atom. The van der Waals surface area contributed by atoms with E-state index in [-0.39, 0.29) is 17.4 Å². The first-order valence-electron chi connectivity index (χ1n) is 9.07. The first-order chi connectivity index (χ1) is 13.3. The average molecular weight is 373 g/mol. The predicted octanol–water partition coefficient (Wildman–Crippen LogP) is 4.42. The molecule has 142 valence electrons. The van der Waals surface area contributed by atoms with Crippen molar-refractivity contribution in [3.63, 3.8) is 0 Å². The van der Waals surface area contributed by atoms with E-state index in [1.807, 2.05) is 51.1 Å². The summed E-state index contributed by atoms with van der Waals surface area (Å²) in [6.07, 6.45) is 4.95. The molecule has 0 aliphatic rings. The van der Waals surface area contributed by atoms with Crippen LogP contribution in [0.15, 0.2) is 66.9 Å². The molecule has 2 aromatic carbocycles. The van der Waals surface area contributed by atoms with E-state index in [1.54, 1.807) is 36.5 Å². The monoisotopic (exact) mass is 373 g/mol. The molecular formula is C23H23N3O2. The molecule has 0 atom stereocenters. The van der Waals surface area contributed by atoms with E-state index in [0.717, 1.165) is 16.5 Å². The smallest absolute Gasteiger partial charge is 0.251 e. The predicted molar refractivity (Wildman–Crippen MR) is 113 cm³/mol. The summed E-state index contributed by atoms with van der Waals surface area (Å²) >= 11 is 0. The van der Waals surface area contributed by atoms with Crippen molar-refractivity contribution in [1.82, 2.24) is 10.3 Å². The number of hydrogen-bond donors (Lipinski definition) is 2. The second-order valence-electron chi connectivity index (χ2n) is 7.53. The van der Waals surface area contributed by atoms with Crippen LogP contribution in [0.3, 0.4) is 0 Å². The fourth-order valence-corrected chi connectivity index (χ4v) is 2.73. The third-order valence-corrected chi connectivity index (χ3v) is 3.98. The van der Waals surface area contributed by atoms with Crippen molar-refractivity contribution in [2.75, 3.05) is 5.32 Å². The van der Waals surface area contributed by atoms with Crippen LogP contribution in [0, 0.1) is 0 Å². The Bertz CT molecular complexity index is 1030. The zero-order chi connectivity index (χ0) is 20.1. The summed E-state index contributed by atoms with van der Waals surface area (Å²) in [5.74, 6) is -0.395. The molecular weight excluding hydrogens is 350 g/mol. The van der Waals surface area contributed by atoms with Gasteiger partial charge in [-0.1, -0.05) is 24.3 Å². The van der Waals surface area contributed by atoms with Crippen LogP contribution in [0.2, 0.25) is 0 Å². The molecule has 3 aromatic rings. The summed E-state index contributed by atoms with van der Waals surface area (Å²) in [4.78, 5) is 28.7. The SMILES string of the molecule is CC(C)(C)NC(=O)c1ccc(NC(=O)/C=C/c2cccc3cccnc23)cc1. The number of pyridine rings is 1. The summed E-state index contributed by atoms with van der Waals surface area (Å²) in [6.45, 7) is 5.78. The molecule has 0 aliphatic heterocycles. The summed E-state index contributed by atoms with van der Waals surface area (Å²) in [5.41, 5.74) is 2.60. The first kappa shape index (κ1) is 19.3. The lowest BCUT2D eigenvalue weighted by Gasteiger charge is -2.20. The minimum absolute atomic E-state index is 0.145. The van der Waals surface area contributed by atoms with Gasteiger partial charge in [-0.15, -0.1) is 0 Å². The number of fused-ring (bicyclic) bond motifs is 1. The van der Waals surface area contributed by atoms with Gasteiger partial charge >= 0.3 is 0 Å². The topological polar surface area (TPSA) is 71.1 Å². The minimum atomic E-state index is -0.300. The summed E-state index contributed by atoms with van der Waals surface area (Å²) < 4.78 is 0. The number of benzene rings is 2. The largest absolute Gasteiger partial charge is 0.347 e. The Hall–Kier alpha value is -3.47. The highest BCUT2D eigenvalue weighted by Gasteiger charge is 2.15. The Kier molecular flexibility index (Phi) is 5.54. The lowest BCUT2D eigenvalue weighted by Crippen LogP contribution is -2.40. The number of amides is 2. The molecule has 3 rings (SSSR count). The van der Waals surface area contributed by atoms with Crippen LogP contribution in [0.5, 0.6) is 0 Å². The van der Waals surface area contributed by atoms with Gasteiger partial charge in [-0.2, -0.15) is 0 Å². The van der Waals surface area contributed by atoms with Crippen molar-refractivity contribution < 1.29 is 9.59 Å². The van der Waals surface area contributed by atoms with Crippen molar-refractivity contribution in [3.8, 4) is 0 Å². The van der Waals surface area contributed by atoms with Gasteiger partial charge in [0.05, 0.1) is 5.52 Å². The van der Waals surface area contributed by atoms with E-state index in [2.05, 4.69) is 15.6 Å². The molecule has 0 radical (unpaired) electrons. The highest BCUT2D eigenvalue weighted by atomic mass is 16.2. The molecule has 28 heavy (non-hydrogen) atoms. The second kappa shape index (κ2) is 8.05. The fraction of sp³-hybridized carbons (Fsp3) is 0.174. The zero-order valence-corrected chi connectivity index (χ0v) is 16.2. The molecule has 0 bridgehead atoms. The maximum Gasteiger partial charge on any atom is 0.251 e. The van der Waals surface area contributed by atoms with Crippen molar-refractivity contribution >= 4 is 34.5 Å². The number of carbonyl (C=O) groups excluding carboxylic acids is 2. The number of rotatable bonds is 4. The van der Waals surface area contributed by atoms with Gasteiger partial charge in [0.15, 0.2) is 0 Å². The van der Waals surface area contributed by atoms with Crippen molar-refractivity contribution in [1.29, 1.82) is 0 Å². The Balaban J connectivity index is 1.66. The van der Waals surface area contributed by atoms with E-state index in [0.29, 0.717) is 11.3 Å². The molecule has 0 saturated heterocycles. The van der Waals surface area contributed by atoms with Gasteiger partial charge < -0.3 is 10.6 Å². The maximum atomic E-state index is 12.2. The van der Waals surface area contributed by atoms with Gasteiger partial charge in [0.25, 0.3) is 5.91 Å². The maximum absolute atomic E-state index is 12.2. The van der Waals surface area contributed by atoms with E-state index >= 15 is 0 Å². The molecule has 5 heteroatoms. The summed E-state index contributed by atoms with van der Waals surface area (Å²) in [6, 6.07) is 16.5. The van der Waals surface area contributed by atoms with E-state index in [1.165, 1.54) is 6.08 Å². The molecule has 2 amide bonds. The average Bonchev–Trinajstić information content (AvgIpc) is 2.65. The van der Waals surface area contributed by atoms with Gasteiger partial charge in [-0.3, -0.25) is 14.6 Å². The fourth-order valence-electron chi connectivity index (χ4n) is 2.73. The van der Waals surface area contributed by atoms with E-state index < -0.39 is 0 Å². The number of carbonyl (C=O) groups is 2. The second-order valence-corrected chi connectivity index (χ2v) is 7.53. The molecule has 0 unspecified atom stereocenters. The van der Waals surface area contributed by atoms with E-state index in [9.17, 15) is 9.59 Å². The van der Waals surface area contributed by atoms with Crippen LogP contribution in [0.4, 0.5) is 5.69 Å². The van der Waals surface area contributed by atoms with Crippen LogP contribution < -0.4 is 10.6 Å². The highest BCUT2D eigenvalue weighted by Crippen LogP contribution is 2.17. The van der Waals surface area contributed by atoms with Crippen LogP contribution in [-0.2, 0) is 4.79 Å². The van der Waals surface area contributed by atoms with Crippen LogP contribution >= 0.6 is 0 Å². The standard InChI is InChI=1S/C23H23N3O2/c1-23(2,3)26-22(28)18-9-12-19(13-10-18)25-20(27)14-11-17-7-4-6-16-8-5-15-24-21(16)17/h4-15H,1-3H3,(H,25,27)(H,26,28)/b14-11+. The number of nitrogens with zero attached hydrogens (tertiary/aromatic N) is 1. The van der Waals surface area contributed by atoms with Gasteiger partial charge in [0.2, 0.25) is 5.91 Å². The molecule has 2 N–H and O–H groups in total. The summed E-state index contributed by atoms with van der Waals surface area (Å²) in [7, 11) is 0. The summed E-state index contributed by atoms with van der Waals surface area (Å²) in [5, 5.41) is 6.72. The van der Waals surface area contributed by atoms with Gasteiger partial charge in [0.1, 0.15) is 0 Å². The highest BCUT2D eigenvalue weighted by molar-refractivity contribution is 6.03. The Morgan fingerprint density at radius 1 is 0.964 bits per heavy atom. The Labute approximate surface area is 164 Å². The number of para-hydroxylation sites is 1. The molecule has 0 fully saturated rings. The molecule has 0 saturated carbocycles. The first-order valence-corrected chi connectivity index (χ1v) is 9.07. The van der Waals surface area contributed by atoms with Crippen LogP contribution in [0.25, 0.3) is 17.0 Å². The lowest BCUT2D eigenvalue weighted by molar-refractivity contribution is -0.111. The van der Waals surface area contributed by atoms with Gasteiger partial charge in [-0.25, -0.2) is 0 Å². The van der Waals surface area contributed by atoms with E-state index in [4.69, 9.17) is 0 Å². The minimum Gasteiger partial charge on any atom is -0.347 e. The van der Waals surface area contributed by atoms with Gasteiger partial charge in [-0.05, 0) is 57.2 Å². The van der Waals surface area contributed by atoms with Crippen molar-refractivity contribution in [2.24, 2.45) is 0 Å². The molecule has 0 aliphatic carbocycles. The number of aromatic nitrogens is 1. The molecule has 1 aromatic heterocycles. The van der Waals surface area contributed by atoms with Crippen LogP contribution in [-0.4, -0.2) is 22.3 Å². The molecule has 5 nitrogen and oxygen atoms in total. The third-order valence-electron chi connectivity index (χ3n) is 3.98. The third kappa shape index (κ3) is 5.04. The van der Waals surface area contributed by atoms with Crippen LogP contribution in [0.1, 0.15) is 36.7 Å². The normalized spacial score (nSPS) is 11.5. The Morgan fingerprint density at radius 2 is 1.68 bits per heavy atom. The van der Waals surface area contributed by atoms with Crippen molar-refractivity contribution in [3.05, 3.63) is 78.0 Å². The lowest BCUT2D eigenvalue weighted by atomic mass is 10.1. The molecule has 1 heterocycles. The number of anilines is 1. The number of nitrogens with one attached hydrogen (secondary N) is 2. The zero-order valence-electron chi connectivity index (χ0n) is 16.2. The molecule has 0 spiro atoms. The van der Waals surface area contributed by atoms with Gasteiger partial charge in [0, 0.05) is 40.0 Å².